The van der Waals surface area contributed by atoms with Crippen LogP contribution in [-0.4, -0.2) is 47.4 Å². The summed E-state index contributed by atoms with van der Waals surface area (Å²) in [6.07, 6.45) is 11.2. The Morgan fingerprint density at radius 2 is 1.67 bits per heavy atom. The minimum atomic E-state index is -0.0272. The molecule has 21 heavy (non-hydrogen) atoms. The lowest BCUT2D eigenvalue weighted by atomic mass is 9.92. The third kappa shape index (κ3) is 4.14. The maximum Gasteiger partial charge on any atom is 0.152 e. The zero-order valence-electron chi connectivity index (χ0n) is 14.2. The van der Waals surface area contributed by atoms with E-state index >= 15 is 0 Å². The fraction of sp³-hybridized carbons (Fsp3) is 0.611. The van der Waals surface area contributed by atoms with E-state index in [-0.39, 0.29) is 11.4 Å². The van der Waals surface area contributed by atoms with Crippen molar-refractivity contribution in [3.63, 3.8) is 0 Å². The van der Waals surface area contributed by atoms with Gasteiger partial charge in [-0.25, -0.2) is 0 Å². The molecule has 0 aromatic rings. The van der Waals surface area contributed by atoms with Crippen LogP contribution in [0.25, 0.3) is 0 Å². The van der Waals surface area contributed by atoms with Crippen molar-refractivity contribution in [2.24, 2.45) is 0 Å². The molecule has 0 saturated heterocycles. The molecule has 1 aliphatic rings. The topological polar surface area (TPSA) is 23.6 Å². The molecule has 0 aliphatic heterocycles. The van der Waals surface area contributed by atoms with Crippen molar-refractivity contribution >= 4 is 5.78 Å². The molecule has 0 saturated carbocycles. The highest BCUT2D eigenvalue weighted by molar-refractivity contribution is 5.87. The normalized spacial score (nSPS) is 17.8. The van der Waals surface area contributed by atoms with Gasteiger partial charge in [-0.3, -0.25) is 14.6 Å². The minimum Gasteiger partial charge on any atom is -0.295 e. The van der Waals surface area contributed by atoms with Gasteiger partial charge in [0.05, 0.1) is 5.66 Å². The van der Waals surface area contributed by atoms with Crippen molar-refractivity contribution in [1.82, 2.24) is 9.80 Å². The van der Waals surface area contributed by atoms with Crippen molar-refractivity contribution < 1.29 is 4.79 Å². The van der Waals surface area contributed by atoms with Crippen LogP contribution in [0.4, 0.5) is 0 Å². The van der Waals surface area contributed by atoms with E-state index in [0.29, 0.717) is 0 Å². The maximum atomic E-state index is 11.1. The molecule has 0 bridgehead atoms. The Labute approximate surface area is 130 Å². The second kappa shape index (κ2) is 8.30. The Balaban J connectivity index is 3.04. The Bertz CT molecular complexity index is 414. The first-order valence-corrected chi connectivity index (χ1v) is 8.12. The van der Waals surface area contributed by atoms with Gasteiger partial charge in [0.2, 0.25) is 0 Å². The number of likely N-dealkylation sites (N-methyl/N-ethyl adjacent to an activating group) is 2. The van der Waals surface area contributed by atoms with Crippen LogP contribution in [0.15, 0.2) is 36.0 Å². The summed E-state index contributed by atoms with van der Waals surface area (Å²) in [5.41, 5.74) is 1.10. The van der Waals surface area contributed by atoms with E-state index in [4.69, 9.17) is 0 Å². The monoisotopic (exact) mass is 290 g/mol. The highest BCUT2D eigenvalue weighted by Crippen LogP contribution is 2.31. The van der Waals surface area contributed by atoms with Gasteiger partial charge in [0.1, 0.15) is 0 Å². The fourth-order valence-electron chi connectivity index (χ4n) is 3.18. The standard InChI is InChI=1S/C18H30N2O/c1-6-19(7-2)18(20(8-3)9-4)14-12-17(13-15-18)11-10-16(5)21/h10-14H,6-9,15H2,1-5H3. The quantitative estimate of drug-likeness (QED) is 0.505. The van der Waals surface area contributed by atoms with Gasteiger partial charge in [-0.05, 0) is 50.8 Å². The number of carbonyl (C=O) groups is 1. The zero-order chi connectivity index (χ0) is 15.9. The summed E-state index contributed by atoms with van der Waals surface area (Å²) in [5.74, 6) is 0.0913. The van der Waals surface area contributed by atoms with Gasteiger partial charge in [-0.1, -0.05) is 45.9 Å². The first-order chi connectivity index (χ1) is 10.0. The van der Waals surface area contributed by atoms with Crippen LogP contribution < -0.4 is 0 Å². The van der Waals surface area contributed by atoms with Crippen LogP contribution in [0, 0.1) is 0 Å². The van der Waals surface area contributed by atoms with Gasteiger partial charge in [0.15, 0.2) is 5.78 Å². The Kier molecular flexibility index (Phi) is 7.06. The smallest absolute Gasteiger partial charge is 0.152 e. The predicted octanol–water partition coefficient (Wildman–Crippen LogP) is 3.40. The number of allylic oxidation sites excluding steroid dienone is 4. The Morgan fingerprint density at radius 3 is 2.00 bits per heavy atom. The Hall–Kier alpha value is -1.19. The van der Waals surface area contributed by atoms with Crippen molar-refractivity contribution in [3.05, 3.63) is 36.0 Å². The summed E-state index contributed by atoms with van der Waals surface area (Å²) >= 11 is 0. The average Bonchev–Trinajstić information content (AvgIpc) is 2.49. The molecular weight excluding hydrogens is 260 g/mol. The molecular formula is C18H30N2O. The molecule has 0 spiro atoms. The Morgan fingerprint density at radius 1 is 1.14 bits per heavy atom. The molecule has 1 aliphatic carbocycles. The molecule has 3 heteroatoms. The van der Waals surface area contributed by atoms with E-state index in [9.17, 15) is 4.79 Å². The summed E-state index contributed by atoms with van der Waals surface area (Å²) in [7, 11) is 0. The molecule has 118 valence electrons. The first kappa shape index (κ1) is 17.9. The van der Waals surface area contributed by atoms with Gasteiger partial charge in [-0.15, -0.1) is 0 Å². The fourth-order valence-corrected chi connectivity index (χ4v) is 3.18. The second-order valence-corrected chi connectivity index (χ2v) is 5.41. The molecule has 0 amide bonds. The lowest BCUT2D eigenvalue weighted by Gasteiger charge is -2.49. The predicted molar refractivity (Wildman–Crippen MR) is 90.2 cm³/mol. The molecule has 0 fully saturated rings. The zero-order valence-corrected chi connectivity index (χ0v) is 14.2. The number of hydrogen-bond acceptors (Lipinski definition) is 3. The van der Waals surface area contributed by atoms with Crippen molar-refractivity contribution in [2.75, 3.05) is 26.2 Å². The maximum absolute atomic E-state index is 11.1. The molecule has 0 unspecified atom stereocenters. The van der Waals surface area contributed by atoms with Crippen LogP contribution in [0.2, 0.25) is 0 Å². The molecule has 0 atom stereocenters. The summed E-state index contributed by atoms with van der Waals surface area (Å²) in [6.45, 7) is 14.6. The summed E-state index contributed by atoms with van der Waals surface area (Å²) < 4.78 is 0. The van der Waals surface area contributed by atoms with Gasteiger partial charge in [0, 0.05) is 6.42 Å². The summed E-state index contributed by atoms with van der Waals surface area (Å²) in [6, 6.07) is 0. The molecule has 0 N–H and O–H groups in total. The number of nitrogens with zero attached hydrogens (tertiary/aromatic N) is 2. The third-order valence-electron chi connectivity index (χ3n) is 4.31. The molecule has 3 nitrogen and oxygen atoms in total. The second-order valence-electron chi connectivity index (χ2n) is 5.41. The van der Waals surface area contributed by atoms with Crippen molar-refractivity contribution in [3.8, 4) is 0 Å². The van der Waals surface area contributed by atoms with E-state index in [1.54, 1.807) is 13.0 Å². The average molecular weight is 290 g/mol. The molecule has 0 aromatic carbocycles. The van der Waals surface area contributed by atoms with E-state index in [0.717, 1.165) is 38.2 Å². The van der Waals surface area contributed by atoms with E-state index in [2.05, 4.69) is 55.7 Å². The van der Waals surface area contributed by atoms with Crippen LogP contribution in [-0.2, 0) is 4.79 Å². The molecule has 0 heterocycles. The number of rotatable bonds is 8. The third-order valence-corrected chi connectivity index (χ3v) is 4.31. The van der Waals surface area contributed by atoms with E-state index in [1.165, 1.54) is 0 Å². The SMILES string of the molecule is CCN(CC)C1(N(CC)CC)C=CC(C=CC(C)=O)=CC1. The van der Waals surface area contributed by atoms with Crippen LogP contribution in [0.5, 0.6) is 0 Å². The van der Waals surface area contributed by atoms with E-state index in [1.807, 2.05) is 6.08 Å². The van der Waals surface area contributed by atoms with Gasteiger partial charge in [-0.2, -0.15) is 0 Å². The number of ketones is 1. The lowest BCUT2D eigenvalue weighted by molar-refractivity contribution is -0.112. The number of carbonyl (C=O) groups excluding carboxylic acids is 1. The van der Waals surface area contributed by atoms with Gasteiger partial charge < -0.3 is 0 Å². The summed E-state index contributed by atoms with van der Waals surface area (Å²) in [5, 5.41) is 0. The van der Waals surface area contributed by atoms with Crippen molar-refractivity contribution in [2.45, 2.75) is 46.7 Å². The highest BCUT2D eigenvalue weighted by atomic mass is 16.1. The first-order valence-electron chi connectivity index (χ1n) is 8.12. The van der Waals surface area contributed by atoms with Gasteiger partial charge >= 0.3 is 0 Å². The molecule has 1 rings (SSSR count). The van der Waals surface area contributed by atoms with E-state index < -0.39 is 0 Å². The highest BCUT2D eigenvalue weighted by Gasteiger charge is 2.37. The van der Waals surface area contributed by atoms with Crippen LogP contribution in [0.3, 0.4) is 0 Å². The molecule has 0 radical (unpaired) electrons. The van der Waals surface area contributed by atoms with Crippen molar-refractivity contribution in [1.29, 1.82) is 0 Å². The van der Waals surface area contributed by atoms with Crippen LogP contribution >= 0.6 is 0 Å². The number of hydrogen-bond donors (Lipinski definition) is 0. The lowest BCUT2D eigenvalue weighted by Crippen LogP contribution is -2.59. The molecule has 0 aromatic heterocycles. The van der Waals surface area contributed by atoms with Crippen LogP contribution in [0.1, 0.15) is 41.0 Å². The summed E-state index contributed by atoms with van der Waals surface area (Å²) in [4.78, 5) is 16.1. The largest absolute Gasteiger partial charge is 0.295 e. The minimum absolute atomic E-state index is 0.0272. The van der Waals surface area contributed by atoms with Gasteiger partial charge in [0.25, 0.3) is 0 Å².